The van der Waals surface area contributed by atoms with Gasteiger partial charge in [0.2, 0.25) is 0 Å². The molecule has 2 nitrogen and oxygen atoms in total. The molecule has 0 saturated heterocycles. The van der Waals surface area contributed by atoms with E-state index in [-0.39, 0.29) is 16.0 Å². The number of rotatable bonds is 0. The van der Waals surface area contributed by atoms with Crippen molar-refractivity contribution in [1.29, 1.82) is 0 Å². The molecule has 0 aliphatic carbocycles. The Morgan fingerprint density at radius 1 is 0.895 bits per heavy atom. The predicted octanol–water partition coefficient (Wildman–Crippen LogP) is 5.37. The molecule has 0 amide bonds. The Hall–Kier alpha value is -1.69. The van der Waals surface area contributed by atoms with Gasteiger partial charge in [-0.05, 0) is 40.2 Å². The highest BCUT2D eigenvalue weighted by Gasteiger charge is 2.34. The number of ether oxygens (including phenoxy) is 2. The third-order valence-corrected chi connectivity index (χ3v) is 3.21. The average molecular weight is 331 g/mol. The maximum absolute atomic E-state index is 12.7. The van der Waals surface area contributed by atoms with Crippen LogP contribution < -0.4 is 9.47 Å². The van der Waals surface area contributed by atoms with Crippen molar-refractivity contribution in [2.75, 3.05) is 0 Å². The van der Waals surface area contributed by atoms with Crippen molar-refractivity contribution in [2.45, 2.75) is 6.18 Å². The van der Waals surface area contributed by atoms with E-state index in [1.54, 1.807) is 24.3 Å². The van der Waals surface area contributed by atoms with E-state index >= 15 is 0 Å². The first-order valence-electron chi connectivity index (χ1n) is 5.30. The molecule has 0 atom stereocenters. The minimum Gasteiger partial charge on any atom is -0.449 e. The van der Waals surface area contributed by atoms with Gasteiger partial charge in [-0.2, -0.15) is 13.2 Å². The number of hydrogen-bond donors (Lipinski definition) is 0. The van der Waals surface area contributed by atoms with E-state index in [1.807, 2.05) is 0 Å². The van der Waals surface area contributed by atoms with Crippen LogP contribution in [0.4, 0.5) is 13.2 Å². The number of hydrogen-bond acceptors (Lipinski definition) is 2. The van der Waals surface area contributed by atoms with Gasteiger partial charge in [-0.3, -0.25) is 0 Å². The number of para-hydroxylation sites is 2. The molecule has 2 aromatic rings. The second-order valence-corrected chi connectivity index (χ2v) is 4.79. The number of halogens is 4. The molecule has 0 radical (unpaired) electrons. The monoisotopic (exact) mass is 330 g/mol. The molecule has 0 N–H and O–H groups in total. The minimum atomic E-state index is -4.43. The predicted molar refractivity (Wildman–Crippen MR) is 65.7 cm³/mol. The SMILES string of the molecule is FC(F)(F)c1cc(Br)c2c(c1)Oc1ccccc1O2. The van der Waals surface area contributed by atoms with Crippen molar-refractivity contribution in [3.8, 4) is 23.0 Å². The molecular weight excluding hydrogens is 325 g/mol. The molecular formula is C13H6BrF3O2. The Morgan fingerprint density at radius 2 is 1.53 bits per heavy atom. The van der Waals surface area contributed by atoms with Crippen molar-refractivity contribution < 1.29 is 22.6 Å². The molecule has 98 valence electrons. The first-order valence-corrected chi connectivity index (χ1v) is 6.10. The number of fused-ring (bicyclic) bond motifs is 2. The zero-order valence-corrected chi connectivity index (χ0v) is 10.9. The lowest BCUT2D eigenvalue weighted by Gasteiger charge is -2.22. The van der Waals surface area contributed by atoms with Crippen molar-refractivity contribution in [2.24, 2.45) is 0 Å². The lowest BCUT2D eigenvalue weighted by molar-refractivity contribution is -0.137. The zero-order chi connectivity index (χ0) is 13.6. The molecule has 6 heteroatoms. The summed E-state index contributed by atoms with van der Waals surface area (Å²) in [5.74, 6) is 1.14. The summed E-state index contributed by atoms with van der Waals surface area (Å²) in [5, 5.41) is 0. The average Bonchev–Trinajstić information content (AvgIpc) is 2.35. The fraction of sp³-hybridized carbons (Fsp3) is 0.0769. The summed E-state index contributed by atoms with van der Waals surface area (Å²) in [5.41, 5.74) is -0.791. The molecule has 1 aliphatic heterocycles. The summed E-state index contributed by atoms with van der Waals surface area (Å²) in [6.07, 6.45) is -4.43. The van der Waals surface area contributed by atoms with E-state index in [1.165, 1.54) is 0 Å². The standard InChI is InChI=1S/C13H6BrF3O2/c14-8-5-7(13(15,16)17)6-11-12(8)19-10-4-2-1-3-9(10)18-11/h1-6H. The molecule has 1 heterocycles. The minimum absolute atomic E-state index is 0.0420. The lowest BCUT2D eigenvalue weighted by atomic mass is 10.2. The van der Waals surface area contributed by atoms with E-state index in [0.29, 0.717) is 11.5 Å². The van der Waals surface area contributed by atoms with Crippen molar-refractivity contribution in [3.63, 3.8) is 0 Å². The third kappa shape index (κ3) is 2.16. The molecule has 2 aromatic carbocycles. The highest BCUT2D eigenvalue weighted by molar-refractivity contribution is 9.10. The summed E-state index contributed by atoms with van der Waals surface area (Å²) < 4.78 is 49.3. The molecule has 0 unspecified atom stereocenters. The Morgan fingerprint density at radius 3 is 2.16 bits per heavy atom. The summed E-state index contributed by atoms with van der Waals surface area (Å²) in [4.78, 5) is 0. The van der Waals surface area contributed by atoms with Crippen LogP contribution in [0.2, 0.25) is 0 Å². The van der Waals surface area contributed by atoms with E-state index in [0.717, 1.165) is 12.1 Å². The third-order valence-electron chi connectivity index (χ3n) is 2.62. The zero-order valence-electron chi connectivity index (χ0n) is 9.29. The van der Waals surface area contributed by atoms with E-state index in [4.69, 9.17) is 9.47 Å². The normalized spacial score (nSPS) is 13.1. The highest BCUT2D eigenvalue weighted by atomic mass is 79.9. The quantitative estimate of drug-likeness (QED) is 0.552. The van der Waals surface area contributed by atoms with Crippen LogP contribution in [-0.4, -0.2) is 0 Å². The van der Waals surface area contributed by atoms with Crippen LogP contribution >= 0.6 is 15.9 Å². The van der Waals surface area contributed by atoms with Crippen LogP contribution in [0.15, 0.2) is 40.9 Å². The van der Waals surface area contributed by atoms with Gasteiger partial charge >= 0.3 is 6.18 Å². The number of alkyl halides is 3. The highest BCUT2D eigenvalue weighted by Crippen LogP contribution is 2.50. The smallest absolute Gasteiger partial charge is 0.416 e. The fourth-order valence-electron chi connectivity index (χ4n) is 1.75. The topological polar surface area (TPSA) is 18.5 Å². The Labute approximate surface area is 114 Å². The van der Waals surface area contributed by atoms with Crippen molar-refractivity contribution >= 4 is 15.9 Å². The number of benzene rings is 2. The molecule has 3 rings (SSSR count). The van der Waals surface area contributed by atoms with Gasteiger partial charge in [-0.1, -0.05) is 12.1 Å². The van der Waals surface area contributed by atoms with Gasteiger partial charge in [-0.25, -0.2) is 0 Å². The van der Waals surface area contributed by atoms with E-state index in [9.17, 15) is 13.2 Å². The lowest BCUT2D eigenvalue weighted by Crippen LogP contribution is -2.07. The molecule has 1 aliphatic rings. The second kappa shape index (κ2) is 4.16. The van der Waals surface area contributed by atoms with Crippen LogP contribution in [0, 0.1) is 0 Å². The van der Waals surface area contributed by atoms with Crippen LogP contribution in [-0.2, 0) is 6.18 Å². The summed E-state index contributed by atoms with van der Waals surface area (Å²) in [6.45, 7) is 0. The molecule has 0 spiro atoms. The van der Waals surface area contributed by atoms with Gasteiger partial charge in [-0.15, -0.1) is 0 Å². The molecule has 19 heavy (non-hydrogen) atoms. The maximum atomic E-state index is 12.7. The largest absolute Gasteiger partial charge is 0.449 e. The first kappa shape index (κ1) is 12.3. The summed E-state index contributed by atoms with van der Waals surface area (Å²) in [6, 6.07) is 8.68. The Bertz CT molecular complexity index is 653. The molecule has 0 bridgehead atoms. The van der Waals surface area contributed by atoms with Gasteiger partial charge in [0, 0.05) is 0 Å². The second-order valence-electron chi connectivity index (χ2n) is 3.93. The Kier molecular flexibility index (Phi) is 2.70. The first-order chi connectivity index (χ1) is 8.95. The van der Waals surface area contributed by atoms with E-state index in [2.05, 4.69) is 15.9 Å². The molecule has 0 aromatic heterocycles. The van der Waals surface area contributed by atoms with Gasteiger partial charge in [0.05, 0.1) is 10.0 Å². The van der Waals surface area contributed by atoms with Gasteiger partial charge in [0.25, 0.3) is 0 Å². The van der Waals surface area contributed by atoms with Crippen molar-refractivity contribution in [1.82, 2.24) is 0 Å². The van der Waals surface area contributed by atoms with Crippen LogP contribution in [0.5, 0.6) is 23.0 Å². The van der Waals surface area contributed by atoms with Gasteiger partial charge in [0.1, 0.15) is 0 Å². The van der Waals surface area contributed by atoms with Gasteiger partial charge < -0.3 is 9.47 Å². The molecule has 0 saturated carbocycles. The summed E-state index contributed by atoms with van der Waals surface area (Å²) >= 11 is 3.07. The van der Waals surface area contributed by atoms with Crippen molar-refractivity contribution in [3.05, 3.63) is 46.4 Å². The summed E-state index contributed by atoms with van der Waals surface area (Å²) in [7, 11) is 0. The Balaban J connectivity index is 2.11. The van der Waals surface area contributed by atoms with Gasteiger partial charge in [0.15, 0.2) is 23.0 Å². The van der Waals surface area contributed by atoms with Crippen LogP contribution in [0.3, 0.4) is 0 Å². The fourth-order valence-corrected chi connectivity index (χ4v) is 2.28. The molecule has 0 fully saturated rings. The van der Waals surface area contributed by atoms with Crippen LogP contribution in [0.1, 0.15) is 5.56 Å². The van der Waals surface area contributed by atoms with E-state index < -0.39 is 11.7 Å². The maximum Gasteiger partial charge on any atom is 0.416 e. The van der Waals surface area contributed by atoms with Crippen LogP contribution in [0.25, 0.3) is 0 Å².